The van der Waals surface area contributed by atoms with Crippen LogP contribution in [0.1, 0.15) is 200 Å². The predicted molar refractivity (Wildman–Crippen MR) is 176 cm³/mol. The van der Waals surface area contributed by atoms with Crippen molar-refractivity contribution in [2.75, 3.05) is 6.61 Å². The van der Waals surface area contributed by atoms with Crippen LogP contribution in [0.3, 0.4) is 0 Å². The maximum absolute atomic E-state index is 11.7. The molecule has 0 radical (unpaired) electrons. The minimum Gasteiger partial charge on any atom is -0.481 e. The van der Waals surface area contributed by atoms with Crippen molar-refractivity contribution in [3.63, 3.8) is 0 Å². The Kier molecular flexibility index (Phi) is 32.1. The molecule has 0 saturated heterocycles. The van der Waals surface area contributed by atoms with Gasteiger partial charge < -0.3 is 9.84 Å². The summed E-state index contributed by atoms with van der Waals surface area (Å²) in [5.74, 6) is -1.85. The third-order valence-electron chi connectivity index (χ3n) is 8.29. The van der Waals surface area contributed by atoms with Gasteiger partial charge in [0.15, 0.2) is 0 Å². The Labute approximate surface area is 255 Å². The van der Waals surface area contributed by atoms with Crippen molar-refractivity contribution in [2.24, 2.45) is 5.92 Å². The lowest BCUT2D eigenvalue weighted by molar-refractivity contribution is -0.151. The van der Waals surface area contributed by atoms with Crippen molar-refractivity contribution in [2.45, 2.75) is 200 Å². The third-order valence-corrected chi connectivity index (χ3v) is 8.29. The standard InChI is InChI=1S/C37H70O4/c1-3-5-6-7-8-9-10-11-12-13-14-15-16-17-18-19-20-21-22-23-24-25-26-27-28-29-30-31-32-35(37(39)40)34-36(38)41-33-4-2/h7-8,35H,3-6,9-34H2,1-2H3,(H,39,40)/b8-7+. The molecule has 1 N–H and O–H groups in total. The molecule has 1 atom stereocenters. The van der Waals surface area contributed by atoms with Crippen molar-refractivity contribution in [1.29, 1.82) is 0 Å². The lowest BCUT2D eigenvalue weighted by Gasteiger charge is -2.11. The van der Waals surface area contributed by atoms with Gasteiger partial charge >= 0.3 is 11.9 Å². The van der Waals surface area contributed by atoms with E-state index in [1.54, 1.807) is 0 Å². The minimum atomic E-state index is -0.873. The average molecular weight is 579 g/mol. The fraction of sp³-hybridized carbons (Fsp3) is 0.892. The van der Waals surface area contributed by atoms with Gasteiger partial charge in [-0.1, -0.05) is 174 Å². The normalized spacial score (nSPS) is 12.2. The van der Waals surface area contributed by atoms with Gasteiger partial charge in [-0.15, -0.1) is 0 Å². The molecule has 0 aliphatic heterocycles. The van der Waals surface area contributed by atoms with E-state index in [0.29, 0.717) is 13.0 Å². The van der Waals surface area contributed by atoms with E-state index >= 15 is 0 Å². The van der Waals surface area contributed by atoms with Gasteiger partial charge in [0.05, 0.1) is 18.9 Å². The molecular weight excluding hydrogens is 508 g/mol. The minimum absolute atomic E-state index is 0.00745. The molecule has 0 amide bonds. The Morgan fingerprint density at radius 3 is 1.27 bits per heavy atom. The summed E-state index contributed by atoms with van der Waals surface area (Å²) in [5, 5.41) is 9.34. The number of rotatable bonds is 33. The Hall–Kier alpha value is -1.32. The smallest absolute Gasteiger partial charge is 0.307 e. The van der Waals surface area contributed by atoms with E-state index in [1.807, 2.05) is 6.92 Å². The molecule has 242 valence electrons. The van der Waals surface area contributed by atoms with E-state index in [2.05, 4.69) is 19.1 Å². The maximum atomic E-state index is 11.7. The van der Waals surface area contributed by atoms with Crippen molar-refractivity contribution < 1.29 is 19.4 Å². The van der Waals surface area contributed by atoms with Gasteiger partial charge in [0, 0.05) is 0 Å². The van der Waals surface area contributed by atoms with Crippen molar-refractivity contribution in [3.8, 4) is 0 Å². The van der Waals surface area contributed by atoms with Crippen molar-refractivity contribution in [1.82, 2.24) is 0 Å². The van der Waals surface area contributed by atoms with E-state index in [9.17, 15) is 14.7 Å². The van der Waals surface area contributed by atoms with Crippen LogP contribution in [-0.4, -0.2) is 23.7 Å². The fourth-order valence-corrected chi connectivity index (χ4v) is 5.53. The lowest BCUT2D eigenvalue weighted by Crippen LogP contribution is -2.19. The number of carboxylic acid groups (broad SMARTS) is 1. The van der Waals surface area contributed by atoms with Crippen LogP contribution >= 0.6 is 0 Å². The van der Waals surface area contributed by atoms with Gasteiger partial charge in [-0.05, 0) is 32.1 Å². The van der Waals surface area contributed by atoms with Crippen LogP contribution in [-0.2, 0) is 14.3 Å². The van der Waals surface area contributed by atoms with Gasteiger partial charge in [-0.3, -0.25) is 9.59 Å². The fourth-order valence-electron chi connectivity index (χ4n) is 5.53. The molecule has 0 heterocycles. The first-order valence-corrected chi connectivity index (χ1v) is 18.1. The van der Waals surface area contributed by atoms with Crippen LogP contribution in [0.4, 0.5) is 0 Å². The van der Waals surface area contributed by atoms with E-state index < -0.39 is 11.9 Å². The van der Waals surface area contributed by atoms with Crippen LogP contribution < -0.4 is 0 Å². The first-order valence-electron chi connectivity index (χ1n) is 18.1. The highest BCUT2D eigenvalue weighted by Gasteiger charge is 2.21. The molecule has 0 aliphatic rings. The molecule has 0 aliphatic carbocycles. The number of carbonyl (C=O) groups excluding carboxylic acids is 1. The van der Waals surface area contributed by atoms with E-state index in [4.69, 9.17) is 4.74 Å². The van der Waals surface area contributed by atoms with Gasteiger partial charge in [0.25, 0.3) is 0 Å². The van der Waals surface area contributed by atoms with Crippen LogP contribution in [0.15, 0.2) is 12.2 Å². The SMILES string of the molecule is CCCC/C=C/CCCCCCCCCCCCCCCCCCCCCCCCC(CC(=O)OCCC)C(=O)O. The molecule has 0 aromatic carbocycles. The molecule has 4 nitrogen and oxygen atoms in total. The molecule has 41 heavy (non-hydrogen) atoms. The second kappa shape index (κ2) is 33.2. The van der Waals surface area contributed by atoms with E-state index in [1.165, 1.54) is 154 Å². The molecule has 0 aromatic heterocycles. The van der Waals surface area contributed by atoms with E-state index in [-0.39, 0.29) is 12.4 Å². The number of carboxylic acids is 1. The summed E-state index contributed by atoms with van der Waals surface area (Å²) in [6.45, 7) is 4.57. The highest BCUT2D eigenvalue weighted by molar-refractivity contribution is 5.78. The summed E-state index contributed by atoms with van der Waals surface area (Å²) in [4.78, 5) is 23.1. The second-order valence-electron chi connectivity index (χ2n) is 12.4. The predicted octanol–water partition coefficient (Wildman–Crippen LogP) is 12.1. The van der Waals surface area contributed by atoms with Crippen molar-refractivity contribution in [3.05, 3.63) is 12.2 Å². The van der Waals surface area contributed by atoms with Gasteiger partial charge in [-0.25, -0.2) is 0 Å². The number of ether oxygens (including phenoxy) is 1. The Morgan fingerprint density at radius 1 is 0.537 bits per heavy atom. The first kappa shape index (κ1) is 39.7. The molecule has 1 unspecified atom stereocenters. The highest BCUT2D eigenvalue weighted by atomic mass is 16.5. The number of esters is 1. The highest BCUT2D eigenvalue weighted by Crippen LogP contribution is 2.18. The van der Waals surface area contributed by atoms with Crippen molar-refractivity contribution >= 4 is 11.9 Å². The summed E-state index contributed by atoms with van der Waals surface area (Å²) >= 11 is 0. The van der Waals surface area contributed by atoms with Crippen LogP contribution in [0.25, 0.3) is 0 Å². The zero-order chi connectivity index (χ0) is 30.1. The molecule has 0 bridgehead atoms. The third kappa shape index (κ3) is 31.4. The largest absolute Gasteiger partial charge is 0.481 e. The average Bonchev–Trinajstić information content (AvgIpc) is 2.96. The monoisotopic (exact) mass is 579 g/mol. The summed E-state index contributed by atoms with van der Waals surface area (Å²) in [7, 11) is 0. The second-order valence-corrected chi connectivity index (χ2v) is 12.4. The maximum Gasteiger partial charge on any atom is 0.307 e. The topological polar surface area (TPSA) is 63.6 Å². The number of unbranched alkanes of at least 4 members (excludes halogenated alkanes) is 24. The number of carbonyl (C=O) groups is 2. The summed E-state index contributed by atoms with van der Waals surface area (Å²) in [5.41, 5.74) is 0. The molecule has 0 rings (SSSR count). The Morgan fingerprint density at radius 2 is 0.902 bits per heavy atom. The van der Waals surface area contributed by atoms with Crippen LogP contribution in [0, 0.1) is 5.92 Å². The Balaban J connectivity index is 3.27. The zero-order valence-corrected chi connectivity index (χ0v) is 27.6. The summed E-state index contributed by atoms with van der Waals surface area (Å²) < 4.78 is 5.03. The molecule has 0 fully saturated rings. The van der Waals surface area contributed by atoms with Gasteiger partial charge in [0.1, 0.15) is 0 Å². The lowest BCUT2D eigenvalue weighted by atomic mass is 9.97. The van der Waals surface area contributed by atoms with Gasteiger partial charge in [0.2, 0.25) is 0 Å². The number of allylic oxidation sites excluding steroid dienone is 2. The summed E-state index contributed by atoms with van der Waals surface area (Å²) in [6.07, 6.45) is 41.0. The Bertz CT molecular complexity index is 585. The van der Waals surface area contributed by atoms with Crippen LogP contribution in [0.2, 0.25) is 0 Å². The molecule has 0 aromatic rings. The quantitative estimate of drug-likeness (QED) is 0.0478. The number of hydrogen-bond donors (Lipinski definition) is 1. The summed E-state index contributed by atoms with van der Waals surface area (Å²) in [6, 6.07) is 0. The van der Waals surface area contributed by atoms with Gasteiger partial charge in [-0.2, -0.15) is 0 Å². The first-order chi connectivity index (χ1) is 20.1. The molecule has 0 saturated carbocycles. The number of hydrogen-bond acceptors (Lipinski definition) is 3. The van der Waals surface area contributed by atoms with Crippen LogP contribution in [0.5, 0.6) is 0 Å². The van der Waals surface area contributed by atoms with E-state index in [0.717, 1.165) is 19.3 Å². The molecular formula is C37H70O4. The zero-order valence-electron chi connectivity index (χ0n) is 27.6. The molecule has 4 heteroatoms. The molecule has 0 spiro atoms. The number of aliphatic carboxylic acids is 1.